The molecule has 0 N–H and O–H groups in total. The Morgan fingerprint density at radius 3 is 2.35 bits per heavy atom. The molecular formula is C22H14BrN3. The van der Waals surface area contributed by atoms with E-state index in [0.717, 1.165) is 43.5 Å². The zero-order valence-corrected chi connectivity index (χ0v) is 15.4. The Bertz CT molecular complexity index is 1230. The van der Waals surface area contributed by atoms with Crippen molar-refractivity contribution in [2.45, 2.75) is 0 Å². The number of pyridine rings is 2. The lowest BCUT2D eigenvalue weighted by Crippen LogP contribution is -1.93. The zero-order chi connectivity index (χ0) is 17.5. The molecule has 0 spiro atoms. The third-order valence-electron chi connectivity index (χ3n) is 4.51. The first kappa shape index (κ1) is 15.3. The molecular weight excluding hydrogens is 386 g/mol. The molecule has 5 rings (SSSR count). The number of nitrogens with zero attached hydrogens (tertiary/aromatic N) is 3. The van der Waals surface area contributed by atoms with E-state index >= 15 is 0 Å². The Labute approximate surface area is 159 Å². The molecule has 0 saturated carbocycles. The summed E-state index contributed by atoms with van der Waals surface area (Å²) in [6.07, 6.45) is 1.80. The molecule has 0 aliphatic rings. The van der Waals surface area contributed by atoms with E-state index in [1.54, 1.807) is 6.20 Å². The molecule has 0 atom stereocenters. The molecule has 3 nitrogen and oxygen atoms in total. The summed E-state index contributed by atoms with van der Waals surface area (Å²) in [5, 5.41) is 1.12. The Balaban J connectivity index is 1.87. The molecule has 0 aliphatic carbocycles. The third-order valence-corrected chi connectivity index (χ3v) is 5.00. The molecule has 0 radical (unpaired) electrons. The Morgan fingerprint density at radius 2 is 1.54 bits per heavy atom. The van der Waals surface area contributed by atoms with Gasteiger partial charge in [0.2, 0.25) is 0 Å². The average molecular weight is 400 g/mol. The summed E-state index contributed by atoms with van der Waals surface area (Å²) < 4.78 is 3.30. The van der Waals surface area contributed by atoms with Crippen LogP contribution < -0.4 is 0 Å². The quantitative estimate of drug-likeness (QED) is 0.364. The summed E-state index contributed by atoms with van der Waals surface area (Å²) in [5.41, 5.74) is 6.09. The molecule has 0 fully saturated rings. The number of fused-ring (bicyclic) bond motifs is 3. The van der Waals surface area contributed by atoms with E-state index in [1.165, 1.54) is 0 Å². The van der Waals surface area contributed by atoms with Gasteiger partial charge in [-0.3, -0.25) is 4.98 Å². The standard InChI is InChI=1S/C22H14BrN3/c23-15-9-11-20-17(14-15)22-21(26(20)16-6-2-1-3-7-16)12-10-19(25-22)18-8-4-5-13-24-18/h1-14H. The number of hydrogen-bond acceptors (Lipinski definition) is 2. The van der Waals surface area contributed by atoms with Crippen LogP contribution in [0.3, 0.4) is 0 Å². The maximum absolute atomic E-state index is 4.96. The van der Waals surface area contributed by atoms with Crippen LogP contribution in [0.2, 0.25) is 0 Å². The Kier molecular flexibility index (Phi) is 3.57. The highest BCUT2D eigenvalue weighted by molar-refractivity contribution is 9.10. The molecule has 0 unspecified atom stereocenters. The predicted octanol–water partition coefficient (Wildman–Crippen LogP) is 6.00. The minimum atomic E-state index is 0.880. The van der Waals surface area contributed by atoms with Gasteiger partial charge in [-0.1, -0.05) is 40.2 Å². The molecule has 0 aliphatic heterocycles. The molecule has 4 heteroatoms. The fraction of sp³-hybridized carbons (Fsp3) is 0. The highest BCUT2D eigenvalue weighted by atomic mass is 79.9. The van der Waals surface area contributed by atoms with Crippen LogP contribution in [0.5, 0.6) is 0 Å². The van der Waals surface area contributed by atoms with Crippen molar-refractivity contribution in [3.8, 4) is 17.1 Å². The topological polar surface area (TPSA) is 30.7 Å². The lowest BCUT2D eigenvalue weighted by molar-refractivity contribution is 1.17. The van der Waals surface area contributed by atoms with Crippen molar-refractivity contribution in [3.05, 3.63) is 89.5 Å². The van der Waals surface area contributed by atoms with Gasteiger partial charge in [0, 0.05) is 21.7 Å². The van der Waals surface area contributed by atoms with Gasteiger partial charge in [0.05, 0.1) is 27.9 Å². The molecule has 0 saturated heterocycles. The SMILES string of the molecule is Brc1ccc2c(c1)c1nc(-c3ccccn3)ccc1n2-c1ccccc1. The van der Waals surface area contributed by atoms with Crippen LogP contribution in [0, 0.1) is 0 Å². The second kappa shape index (κ2) is 6.07. The van der Waals surface area contributed by atoms with Crippen molar-refractivity contribution in [2.75, 3.05) is 0 Å². The first-order valence-corrected chi connectivity index (χ1v) is 9.18. The summed E-state index contributed by atoms with van der Waals surface area (Å²) in [6, 6.07) is 26.8. The number of para-hydroxylation sites is 1. The van der Waals surface area contributed by atoms with Crippen molar-refractivity contribution in [1.29, 1.82) is 0 Å². The number of benzene rings is 2. The van der Waals surface area contributed by atoms with E-state index in [9.17, 15) is 0 Å². The van der Waals surface area contributed by atoms with Crippen LogP contribution in [0.15, 0.2) is 89.5 Å². The maximum Gasteiger partial charge on any atom is 0.0972 e. The summed E-state index contributed by atoms with van der Waals surface area (Å²) in [5.74, 6) is 0. The van der Waals surface area contributed by atoms with E-state index in [-0.39, 0.29) is 0 Å². The number of aromatic nitrogens is 3. The van der Waals surface area contributed by atoms with Crippen LogP contribution in [-0.4, -0.2) is 14.5 Å². The first-order chi connectivity index (χ1) is 12.8. The smallest absolute Gasteiger partial charge is 0.0972 e. The molecule has 2 aromatic carbocycles. The Morgan fingerprint density at radius 1 is 0.731 bits per heavy atom. The molecule has 3 heterocycles. The van der Waals surface area contributed by atoms with Gasteiger partial charge >= 0.3 is 0 Å². The highest BCUT2D eigenvalue weighted by Gasteiger charge is 2.15. The van der Waals surface area contributed by atoms with Crippen molar-refractivity contribution in [3.63, 3.8) is 0 Å². The second-order valence-corrected chi connectivity index (χ2v) is 7.03. The zero-order valence-electron chi connectivity index (χ0n) is 13.8. The van der Waals surface area contributed by atoms with Crippen molar-refractivity contribution < 1.29 is 0 Å². The molecule has 26 heavy (non-hydrogen) atoms. The van der Waals surface area contributed by atoms with Gasteiger partial charge in [0.1, 0.15) is 0 Å². The normalized spacial score (nSPS) is 11.3. The molecule has 3 aromatic heterocycles. The first-order valence-electron chi connectivity index (χ1n) is 8.39. The van der Waals surface area contributed by atoms with Gasteiger partial charge in [0.25, 0.3) is 0 Å². The van der Waals surface area contributed by atoms with Crippen molar-refractivity contribution in [1.82, 2.24) is 14.5 Å². The molecule has 0 amide bonds. The average Bonchev–Trinajstić information content (AvgIpc) is 3.02. The van der Waals surface area contributed by atoms with Gasteiger partial charge in [-0.05, 0) is 54.6 Å². The van der Waals surface area contributed by atoms with Crippen molar-refractivity contribution >= 4 is 37.9 Å². The van der Waals surface area contributed by atoms with Gasteiger partial charge in [0.15, 0.2) is 0 Å². The van der Waals surface area contributed by atoms with Gasteiger partial charge in [-0.15, -0.1) is 0 Å². The fourth-order valence-corrected chi connectivity index (χ4v) is 3.73. The summed E-state index contributed by atoms with van der Waals surface area (Å²) in [7, 11) is 0. The van der Waals surface area contributed by atoms with Gasteiger partial charge in [-0.25, -0.2) is 4.98 Å². The van der Waals surface area contributed by atoms with Crippen LogP contribution in [0.25, 0.3) is 39.0 Å². The fourth-order valence-electron chi connectivity index (χ4n) is 3.37. The van der Waals surface area contributed by atoms with E-state index in [0.29, 0.717) is 0 Å². The van der Waals surface area contributed by atoms with Gasteiger partial charge in [-0.2, -0.15) is 0 Å². The van der Waals surface area contributed by atoms with E-state index in [2.05, 4.69) is 74.0 Å². The monoisotopic (exact) mass is 399 g/mol. The minimum Gasteiger partial charge on any atom is -0.308 e. The predicted molar refractivity (Wildman–Crippen MR) is 110 cm³/mol. The van der Waals surface area contributed by atoms with Crippen LogP contribution in [0.1, 0.15) is 0 Å². The van der Waals surface area contributed by atoms with Crippen LogP contribution in [-0.2, 0) is 0 Å². The summed E-state index contributed by atoms with van der Waals surface area (Å²) >= 11 is 3.60. The molecule has 0 bridgehead atoms. The van der Waals surface area contributed by atoms with Crippen molar-refractivity contribution in [2.24, 2.45) is 0 Å². The third kappa shape index (κ3) is 2.42. The molecule has 124 valence electrons. The maximum atomic E-state index is 4.96. The largest absolute Gasteiger partial charge is 0.308 e. The van der Waals surface area contributed by atoms with Crippen LogP contribution >= 0.6 is 15.9 Å². The number of hydrogen-bond donors (Lipinski definition) is 0. The number of halogens is 1. The second-order valence-electron chi connectivity index (χ2n) is 6.11. The van der Waals surface area contributed by atoms with E-state index in [4.69, 9.17) is 4.98 Å². The highest BCUT2D eigenvalue weighted by Crippen LogP contribution is 2.33. The number of rotatable bonds is 2. The summed E-state index contributed by atoms with van der Waals surface area (Å²) in [6.45, 7) is 0. The van der Waals surface area contributed by atoms with E-state index < -0.39 is 0 Å². The van der Waals surface area contributed by atoms with Gasteiger partial charge < -0.3 is 4.57 Å². The Hall–Kier alpha value is -2.98. The molecule has 5 aromatic rings. The lowest BCUT2D eigenvalue weighted by atomic mass is 10.2. The lowest BCUT2D eigenvalue weighted by Gasteiger charge is -2.07. The minimum absolute atomic E-state index is 0.880. The van der Waals surface area contributed by atoms with E-state index in [1.807, 2.05) is 30.3 Å². The summed E-state index contributed by atoms with van der Waals surface area (Å²) in [4.78, 5) is 9.40. The van der Waals surface area contributed by atoms with Crippen LogP contribution in [0.4, 0.5) is 0 Å².